The van der Waals surface area contributed by atoms with Gasteiger partial charge in [0.15, 0.2) is 5.96 Å². The first-order chi connectivity index (χ1) is 13.5. The Morgan fingerprint density at radius 3 is 2.25 bits per heavy atom. The zero-order valence-electron chi connectivity index (χ0n) is 18.0. The van der Waals surface area contributed by atoms with Gasteiger partial charge in [0.25, 0.3) is 0 Å². The summed E-state index contributed by atoms with van der Waals surface area (Å²) in [6.45, 7) is 12.4. The first-order valence-corrected chi connectivity index (χ1v) is 10.5. The summed E-state index contributed by atoms with van der Waals surface area (Å²) in [6, 6.07) is 10.8. The molecule has 1 saturated heterocycles. The highest BCUT2D eigenvalue weighted by molar-refractivity contribution is 5.79. The Labute approximate surface area is 170 Å². The Kier molecular flexibility index (Phi) is 8.77. The second-order valence-corrected chi connectivity index (χ2v) is 7.55. The van der Waals surface area contributed by atoms with E-state index in [2.05, 4.69) is 64.7 Å². The molecule has 1 aliphatic heterocycles. The second-order valence-electron chi connectivity index (χ2n) is 7.55. The Balaban J connectivity index is 1.80. The van der Waals surface area contributed by atoms with Crippen LogP contribution in [0.25, 0.3) is 0 Å². The molecular formula is C22H37N5O. The molecule has 1 aromatic carbocycles. The molecule has 0 bridgehead atoms. The molecule has 6 heteroatoms. The highest BCUT2D eigenvalue weighted by atomic mass is 16.2. The fourth-order valence-electron chi connectivity index (χ4n) is 3.89. The third-order valence-corrected chi connectivity index (χ3v) is 6.10. The maximum Gasteiger partial charge on any atom is 0.219 e. The van der Waals surface area contributed by atoms with Crippen LogP contribution in [0.4, 0.5) is 0 Å². The summed E-state index contributed by atoms with van der Waals surface area (Å²) in [5.41, 5.74) is 1.49. The van der Waals surface area contributed by atoms with E-state index in [1.807, 2.05) is 11.9 Å². The molecule has 1 amide bonds. The molecule has 0 atom stereocenters. The third-order valence-electron chi connectivity index (χ3n) is 6.10. The van der Waals surface area contributed by atoms with Crippen LogP contribution < -0.4 is 10.6 Å². The molecule has 156 valence electrons. The molecule has 0 aromatic heterocycles. The van der Waals surface area contributed by atoms with E-state index in [-0.39, 0.29) is 11.3 Å². The molecule has 0 spiro atoms. The number of aliphatic imine (C=N–C) groups is 1. The van der Waals surface area contributed by atoms with Crippen molar-refractivity contribution in [1.82, 2.24) is 20.4 Å². The van der Waals surface area contributed by atoms with E-state index >= 15 is 0 Å². The number of guanidine groups is 1. The van der Waals surface area contributed by atoms with Crippen molar-refractivity contribution in [3.63, 3.8) is 0 Å². The lowest BCUT2D eigenvalue weighted by molar-refractivity contribution is -0.130. The predicted octanol–water partition coefficient (Wildman–Crippen LogP) is 2.07. The molecule has 1 fully saturated rings. The maximum absolute atomic E-state index is 11.4. The number of piperazine rings is 1. The first-order valence-electron chi connectivity index (χ1n) is 10.5. The zero-order valence-corrected chi connectivity index (χ0v) is 18.0. The lowest BCUT2D eigenvalue weighted by atomic mass is 9.76. The van der Waals surface area contributed by atoms with Crippen molar-refractivity contribution >= 4 is 11.9 Å². The van der Waals surface area contributed by atoms with E-state index in [1.54, 1.807) is 6.92 Å². The van der Waals surface area contributed by atoms with Gasteiger partial charge in [-0.2, -0.15) is 0 Å². The van der Waals surface area contributed by atoms with Crippen LogP contribution in [0.3, 0.4) is 0 Å². The van der Waals surface area contributed by atoms with Crippen LogP contribution in [0.5, 0.6) is 0 Å². The van der Waals surface area contributed by atoms with Gasteiger partial charge in [-0.3, -0.25) is 14.7 Å². The fraction of sp³-hybridized carbons (Fsp3) is 0.636. The quantitative estimate of drug-likeness (QED) is 0.530. The van der Waals surface area contributed by atoms with Crippen molar-refractivity contribution in [3.8, 4) is 0 Å². The second kappa shape index (κ2) is 11.1. The van der Waals surface area contributed by atoms with Gasteiger partial charge in [0, 0.05) is 65.2 Å². The molecule has 1 heterocycles. The van der Waals surface area contributed by atoms with Gasteiger partial charge in [-0.15, -0.1) is 0 Å². The average molecular weight is 388 g/mol. The van der Waals surface area contributed by atoms with Crippen molar-refractivity contribution in [1.29, 1.82) is 0 Å². The van der Waals surface area contributed by atoms with Gasteiger partial charge >= 0.3 is 0 Å². The first kappa shape index (κ1) is 22.2. The summed E-state index contributed by atoms with van der Waals surface area (Å²) in [7, 11) is 1.82. The third kappa shape index (κ3) is 5.96. The number of nitrogens with one attached hydrogen (secondary N) is 2. The molecule has 1 aliphatic rings. The number of carbonyl (C=O) groups is 1. The summed E-state index contributed by atoms with van der Waals surface area (Å²) in [5.74, 6) is 1.03. The fourth-order valence-corrected chi connectivity index (χ4v) is 3.89. The Bertz CT molecular complexity index is 619. The summed E-state index contributed by atoms with van der Waals surface area (Å²) in [4.78, 5) is 20.1. The molecule has 0 saturated carbocycles. The number of hydrogen-bond acceptors (Lipinski definition) is 3. The van der Waals surface area contributed by atoms with Crippen LogP contribution in [0.2, 0.25) is 0 Å². The highest BCUT2D eigenvalue weighted by Crippen LogP contribution is 2.30. The van der Waals surface area contributed by atoms with E-state index < -0.39 is 0 Å². The molecule has 1 aromatic rings. The minimum atomic E-state index is 0.113. The van der Waals surface area contributed by atoms with Crippen LogP contribution in [-0.2, 0) is 10.2 Å². The van der Waals surface area contributed by atoms with Crippen molar-refractivity contribution in [3.05, 3.63) is 35.9 Å². The van der Waals surface area contributed by atoms with E-state index in [0.717, 1.165) is 64.6 Å². The molecule has 2 N–H and O–H groups in total. The average Bonchev–Trinajstić information content (AvgIpc) is 2.74. The number of amides is 1. The number of hydrogen-bond donors (Lipinski definition) is 2. The Morgan fingerprint density at radius 1 is 1.07 bits per heavy atom. The van der Waals surface area contributed by atoms with E-state index in [1.165, 1.54) is 5.56 Å². The smallest absolute Gasteiger partial charge is 0.219 e. The topological polar surface area (TPSA) is 60.0 Å². The van der Waals surface area contributed by atoms with E-state index in [9.17, 15) is 4.79 Å². The van der Waals surface area contributed by atoms with Crippen LogP contribution in [0.1, 0.15) is 39.2 Å². The molecule has 6 nitrogen and oxygen atoms in total. The van der Waals surface area contributed by atoms with Gasteiger partial charge in [-0.05, 0) is 18.4 Å². The summed E-state index contributed by atoms with van der Waals surface area (Å²) < 4.78 is 0. The van der Waals surface area contributed by atoms with Crippen LogP contribution in [-0.4, -0.2) is 74.5 Å². The zero-order chi connectivity index (χ0) is 20.4. The minimum Gasteiger partial charge on any atom is -0.356 e. The van der Waals surface area contributed by atoms with Gasteiger partial charge in [-0.1, -0.05) is 44.2 Å². The van der Waals surface area contributed by atoms with Gasteiger partial charge in [-0.25, -0.2) is 0 Å². The molecule has 0 aliphatic carbocycles. The van der Waals surface area contributed by atoms with Gasteiger partial charge in [0.1, 0.15) is 0 Å². The normalized spacial score (nSPS) is 16.1. The molecular weight excluding hydrogens is 350 g/mol. The van der Waals surface area contributed by atoms with Gasteiger partial charge in [0.05, 0.1) is 0 Å². The van der Waals surface area contributed by atoms with Gasteiger partial charge in [0.2, 0.25) is 5.91 Å². The van der Waals surface area contributed by atoms with E-state index in [0.29, 0.717) is 0 Å². The highest BCUT2D eigenvalue weighted by Gasteiger charge is 2.28. The summed E-state index contributed by atoms with van der Waals surface area (Å²) in [6.07, 6.45) is 2.16. The Hall–Kier alpha value is -2.08. The molecule has 2 rings (SSSR count). The van der Waals surface area contributed by atoms with Crippen molar-refractivity contribution < 1.29 is 4.79 Å². The summed E-state index contributed by atoms with van der Waals surface area (Å²) >= 11 is 0. The van der Waals surface area contributed by atoms with Crippen LogP contribution in [0, 0.1) is 0 Å². The van der Waals surface area contributed by atoms with Crippen molar-refractivity contribution in [2.24, 2.45) is 4.99 Å². The number of nitrogens with zero attached hydrogens (tertiary/aromatic N) is 3. The molecule has 0 unspecified atom stereocenters. The predicted molar refractivity (Wildman–Crippen MR) is 117 cm³/mol. The largest absolute Gasteiger partial charge is 0.356 e. The minimum absolute atomic E-state index is 0.113. The maximum atomic E-state index is 11.4. The van der Waals surface area contributed by atoms with Crippen molar-refractivity contribution in [2.45, 2.75) is 39.0 Å². The Morgan fingerprint density at radius 2 is 1.71 bits per heavy atom. The standard InChI is InChI=1S/C22H37N5O/c1-5-22(6-2,20-10-8-7-9-11-20)18-25-21(23-4)24-12-13-26-14-16-27(17-15-26)19(3)28/h7-11H,5-6,12-18H2,1-4H3,(H2,23,24,25). The van der Waals surface area contributed by atoms with Crippen LogP contribution in [0.15, 0.2) is 35.3 Å². The lowest BCUT2D eigenvalue weighted by Crippen LogP contribution is -2.51. The van der Waals surface area contributed by atoms with Gasteiger partial charge < -0.3 is 15.5 Å². The number of rotatable bonds is 8. The van der Waals surface area contributed by atoms with Crippen LogP contribution >= 0.6 is 0 Å². The number of carbonyl (C=O) groups excluding carboxylic acids is 1. The lowest BCUT2D eigenvalue weighted by Gasteiger charge is -2.34. The summed E-state index contributed by atoms with van der Waals surface area (Å²) in [5, 5.41) is 6.98. The number of benzene rings is 1. The molecule has 0 radical (unpaired) electrons. The monoisotopic (exact) mass is 387 g/mol. The van der Waals surface area contributed by atoms with Crippen molar-refractivity contribution in [2.75, 3.05) is 52.9 Å². The molecule has 28 heavy (non-hydrogen) atoms. The SMILES string of the molecule is CCC(CC)(CNC(=NC)NCCN1CCN(C(C)=O)CC1)c1ccccc1. The van der Waals surface area contributed by atoms with E-state index in [4.69, 9.17) is 0 Å².